The zero-order valence-corrected chi connectivity index (χ0v) is 11.9. The normalized spacial score (nSPS) is 12.7. The Morgan fingerprint density at radius 1 is 1.11 bits per heavy atom. The molecule has 3 heteroatoms. The van der Waals surface area contributed by atoms with E-state index in [1.807, 2.05) is 12.1 Å². The minimum atomic E-state index is 0.185. The van der Waals surface area contributed by atoms with Gasteiger partial charge in [0.25, 0.3) is 0 Å². The molecule has 1 unspecified atom stereocenters. The van der Waals surface area contributed by atoms with Gasteiger partial charge in [-0.2, -0.15) is 0 Å². The standard InChI is InChI=1S/C15H25NO2/c1-12(2)16-11-14-5-7-15(8-6-14)18-13(3)9-10-17-4/h5-8,12-13,16H,9-11H2,1-4H3. The second-order valence-electron chi connectivity index (χ2n) is 4.89. The van der Waals surface area contributed by atoms with Crippen LogP contribution in [0.2, 0.25) is 0 Å². The smallest absolute Gasteiger partial charge is 0.119 e. The summed E-state index contributed by atoms with van der Waals surface area (Å²) in [4.78, 5) is 0. The minimum Gasteiger partial charge on any atom is -0.491 e. The summed E-state index contributed by atoms with van der Waals surface area (Å²) in [6.07, 6.45) is 1.09. The SMILES string of the molecule is COCCC(C)Oc1ccc(CNC(C)C)cc1. The molecule has 0 saturated carbocycles. The Kier molecular flexibility index (Phi) is 6.76. The van der Waals surface area contributed by atoms with Gasteiger partial charge in [-0.05, 0) is 24.6 Å². The van der Waals surface area contributed by atoms with Crippen LogP contribution in [0, 0.1) is 0 Å². The van der Waals surface area contributed by atoms with E-state index in [1.165, 1.54) is 5.56 Å². The minimum absolute atomic E-state index is 0.185. The molecule has 1 rings (SSSR count). The zero-order valence-electron chi connectivity index (χ0n) is 11.9. The van der Waals surface area contributed by atoms with Crippen LogP contribution in [0.15, 0.2) is 24.3 Å². The molecule has 1 aromatic rings. The van der Waals surface area contributed by atoms with Crippen molar-refractivity contribution in [3.05, 3.63) is 29.8 Å². The van der Waals surface area contributed by atoms with Gasteiger partial charge in [-0.25, -0.2) is 0 Å². The van der Waals surface area contributed by atoms with E-state index in [9.17, 15) is 0 Å². The van der Waals surface area contributed by atoms with E-state index in [2.05, 4.69) is 38.2 Å². The fourth-order valence-corrected chi connectivity index (χ4v) is 1.58. The first-order chi connectivity index (χ1) is 8.61. The van der Waals surface area contributed by atoms with Gasteiger partial charge < -0.3 is 14.8 Å². The van der Waals surface area contributed by atoms with Crippen LogP contribution in [0.5, 0.6) is 5.75 Å². The maximum Gasteiger partial charge on any atom is 0.119 e. The quantitative estimate of drug-likeness (QED) is 0.770. The van der Waals surface area contributed by atoms with Crippen LogP contribution in [0.25, 0.3) is 0 Å². The molecule has 3 nitrogen and oxygen atoms in total. The molecule has 0 spiro atoms. The van der Waals surface area contributed by atoms with Gasteiger partial charge in [0, 0.05) is 32.7 Å². The number of nitrogens with one attached hydrogen (secondary N) is 1. The third-order valence-electron chi connectivity index (χ3n) is 2.70. The summed E-state index contributed by atoms with van der Waals surface area (Å²) in [5, 5.41) is 3.39. The van der Waals surface area contributed by atoms with Gasteiger partial charge in [0.1, 0.15) is 5.75 Å². The van der Waals surface area contributed by atoms with Gasteiger partial charge in [0.05, 0.1) is 6.10 Å². The fourth-order valence-electron chi connectivity index (χ4n) is 1.58. The summed E-state index contributed by atoms with van der Waals surface area (Å²) in [7, 11) is 1.71. The van der Waals surface area contributed by atoms with Crippen molar-refractivity contribution in [2.24, 2.45) is 0 Å². The molecule has 0 saturated heterocycles. The molecule has 0 amide bonds. The average Bonchev–Trinajstić information content (AvgIpc) is 2.35. The van der Waals surface area contributed by atoms with Crippen LogP contribution in [0.1, 0.15) is 32.8 Å². The highest BCUT2D eigenvalue weighted by Crippen LogP contribution is 2.15. The molecule has 0 aliphatic heterocycles. The molecule has 0 aliphatic carbocycles. The Bertz CT molecular complexity index is 322. The second-order valence-corrected chi connectivity index (χ2v) is 4.89. The molecule has 1 aromatic carbocycles. The largest absolute Gasteiger partial charge is 0.491 e. The van der Waals surface area contributed by atoms with Gasteiger partial charge >= 0.3 is 0 Å². The van der Waals surface area contributed by atoms with Gasteiger partial charge in [-0.1, -0.05) is 26.0 Å². The van der Waals surface area contributed by atoms with E-state index >= 15 is 0 Å². The van der Waals surface area contributed by atoms with E-state index in [4.69, 9.17) is 9.47 Å². The zero-order chi connectivity index (χ0) is 13.4. The number of hydrogen-bond acceptors (Lipinski definition) is 3. The number of rotatable bonds is 8. The maximum absolute atomic E-state index is 5.80. The predicted octanol–water partition coefficient (Wildman–Crippen LogP) is 2.99. The molecule has 1 atom stereocenters. The number of benzene rings is 1. The summed E-state index contributed by atoms with van der Waals surface area (Å²) < 4.78 is 10.8. The summed E-state index contributed by atoms with van der Waals surface area (Å²) in [5.41, 5.74) is 1.28. The Labute approximate surface area is 110 Å². The highest BCUT2D eigenvalue weighted by atomic mass is 16.5. The van der Waals surface area contributed by atoms with E-state index in [1.54, 1.807) is 7.11 Å². The monoisotopic (exact) mass is 251 g/mol. The van der Waals surface area contributed by atoms with E-state index < -0.39 is 0 Å². The molecule has 0 fully saturated rings. The van der Waals surface area contributed by atoms with Gasteiger partial charge in [0.2, 0.25) is 0 Å². The summed E-state index contributed by atoms with van der Waals surface area (Å²) in [6, 6.07) is 8.78. The molecular formula is C15H25NO2. The molecule has 0 bridgehead atoms. The first-order valence-corrected chi connectivity index (χ1v) is 6.59. The Hall–Kier alpha value is -1.06. The maximum atomic E-state index is 5.80. The molecule has 102 valence electrons. The molecule has 0 heterocycles. The van der Waals surface area contributed by atoms with Crippen molar-refractivity contribution in [2.45, 2.75) is 45.9 Å². The molecule has 0 aromatic heterocycles. The topological polar surface area (TPSA) is 30.5 Å². The number of methoxy groups -OCH3 is 1. The lowest BCUT2D eigenvalue weighted by Crippen LogP contribution is -2.21. The van der Waals surface area contributed by atoms with E-state index in [0.29, 0.717) is 6.04 Å². The van der Waals surface area contributed by atoms with Crippen molar-refractivity contribution in [3.8, 4) is 5.75 Å². The molecule has 0 aliphatic rings. The first-order valence-electron chi connectivity index (χ1n) is 6.59. The van der Waals surface area contributed by atoms with Gasteiger partial charge in [-0.3, -0.25) is 0 Å². The Balaban J connectivity index is 2.39. The van der Waals surface area contributed by atoms with Crippen LogP contribution in [0.3, 0.4) is 0 Å². The van der Waals surface area contributed by atoms with E-state index in [0.717, 1.165) is 25.3 Å². The van der Waals surface area contributed by atoms with Crippen LogP contribution in [-0.2, 0) is 11.3 Å². The fraction of sp³-hybridized carbons (Fsp3) is 0.600. The Morgan fingerprint density at radius 3 is 2.33 bits per heavy atom. The van der Waals surface area contributed by atoms with Crippen LogP contribution in [-0.4, -0.2) is 25.9 Å². The summed E-state index contributed by atoms with van der Waals surface area (Å²) >= 11 is 0. The lowest BCUT2D eigenvalue weighted by molar-refractivity contribution is 0.135. The molecule has 0 radical (unpaired) electrons. The third-order valence-corrected chi connectivity index (χ3v) is 2.70. The Morgan fingerprint density at radius 2 is 1.78 bits per heavy atom. The van der Waals surface area contributed by atoms with Crippen LogP contribution < -0.4 is 10.1 Å². The van der Waals surface area contributed by atoms with Crippen molar-refractivity contribution in [1.82, 2.24) is 5.32 Å². The first kappa shape index (κ1) is 15.0. The van der Waals surface area contributed by atoms with Crippen LogP contribution in [0.4, 0.5) is 0 Å². The molecule has 1 N–H and O–H groups in total. The highest BCUT2D eigenvalue weighted by Gasteiger charge is 2.03. The van der Waals surface area contributed by atoms with Crippen molar-refractivity contribution in [3.63, 3.8) is 0 Å². The number of hydrogen-bond donors (Lipinski definition) is 1. The van der Waals surface area contributed by atoms with Crippen molar-refractivity contribution in [1.29, 1.82) is 0 Å². The lowest BCUT2D eigenvalue weighted by Gasteiger charge is -2.14. The van der Waals surface area contributed by atoms with Crippen molar-refractivity contribution < 1.29 is 9.47 Å². The lowest BCUT2D eigenvalue weighted by atomic mass is 10.2. The summed E-state index contributed by atoms with van der Waals surface area (Å²) in [6.45, 7) is 7.99. The van der Waals surface area contributed by atoms with Crippen LogP contribution >= 0.6 is 0 Å². The van der Waals surface area contributed by atoms with Gasteiger partial charge in [-0.15, -0.1) is 0 Å². The summed E-state index contributed by atoms with van der Waals surface area (Å²) in [5.74, 6) is 0.923. The average molecular weight is 251 g/mol. The number of ether oxygens (including phenoxy) is 2. The third kappa shape index (κ3) is 6.03. The molecular weight excluding hydrogens is 226 g/mol. The van der Waals surface area contributed by atoms with Gasteiger partial charge in [0.15, 0.2) is 0 Å². The van der Waals surface area contributed by atoms with E-state index in [-0.39, 0.29) is 6.10 Å². The second kappa shape index (κ2) is 8.11. The van der Waals surface area contributed by atoms with Crippen molar-refractivity contribution in [2.75, 3.05) is 13.7 Å². The predicted molar refractivity (Wildman–Crippen MR) is 75.0 cm³/mol. The molecule has 18 heavy (non-hydrogen) atoms. The van der Waals surface area contributed by atoms with Crippen molar-refractivity contribution >= 4 is 0 Å². The highest BCUT2D eigenvalue weighted by molar-refractivity contribution is 5.27.